The van der Waals surface area contributed by atoms with Gasteiger partial charge >= 0.3 is 0 Å². The average molecular weight is 447 g/mol. The lowest BCUT2D eigenvalue weighted by Gasteiger charge is -2.31. The quantitative estimate of drug-likeness (QED) is 0.469. The molecule has 5 nitrogen and oxygen atoms in total. The highest BCUT2D eigenvalue weighted by Crippen LogP contribution is 2.26. The topological polar surface area (TPSA) is 51.1 Å². The number of halogens is 2. The van der Waals surface area contributed by atoms with E-state index < -0.39 is 0 Å². The van der Waals surface area contributed by atoms with Gasteiger partial charge in [-0.1, -0.05) is 41.4 Å². The van der Waals surface area contributed by atoms with Crippen molar-refractivity contribution in [1.82, 2.24) is 14.9 Å². The molecule has 2 heterocycles. The zero-order valence-electron chi connectivity index (χ0n) is 17.2. The Morgan fingerprint density at radius 2 is 2.07 bits per heavy atom. The Balaban J connectivity index is 1.46. The summed E-state index contributed by atoms with van der Waals surface area (Å²) in [6.45, 7) is 5.18. The molecule has 1 aromatic heterocycles. The summed E-state index contributed by atoms with van der Waals surface area (Å²) < 4.78 is 7.83. The zero-order valence-corrected chi connectivity index (χ0v) is 18.7. The van der Waals surface area contributed by atoms with Crippen molar-refractivity contribution in [1.29, 1.82) is 0 Å². The molecule has 1 saturated heterocycles. The molecule has 2 aromatic carbocycles. The van der Waals surface area contributed by atoms with E-state index in [1.165, 1.54) is 5.56 Å². The van der Waals surface area contributed by atoms with Crippen LogP contribution in [0.25, 0.3) is 11.0 Å². The Labute approximate surface area is 187 Å². The van der Waals surface area contributed by atoms with Crippen molar-refractivity contribution in [2.45, 2.75) is 44.8 Å². The molecule has 160 valence electrons. The lowest BCUT2D eigenvalue weighted by molar-refractivity contribution is 0.140. The first-order valence-electron chi connectivity index (χ1n) is 10.6. The number of para-hydroxylation sites is 2. The van der Waals surface area contributed by atoms with Crippen molar-refractivity contribution >= 4 is 40.2 Å². The number of hydrogen-bond acceptors (Lipinski definition) is 4. The third kappa shape index (κ3) is 5.09. The Kier molecular flexibility index (Phi) is 7.16. The maximum Gasteiger partial charge on any atom is 0.204 e. The number of nitrogens with zero attached hydrogens (tertiary/aromatic N) is 2. The minimum atomic E-state index is 0.363. The van der Waals surface area contributed by atoms with E-state index in [4.69, 9.17) is 32.9 Å². The molecule has 1 aliphatic rings. The molecule has 0 radical (unpaired) electrons. The lowest BCUT2D eigenvalue weighted by atomic mass is 9.94. The molecule has 2 atom stereocenters. The molecule has 3 aromatic rings. The molecular formula is C23H28Cl2N4O. The number of ether oxygens (including phenoxy) is 1. The van der Waals surface area contributed by atoms with E-state index in [2.05, 4.69) is 39.5 Å². The van der Waals surface area contributed by atoms with Gasteiger partial charge in [0.2, 0.25) is 5.95 Å². The minimum Gasteiger partial charge on any atom is -0.380 e. The predicted molar refractivity (Wildman–Crippen MR) is 125 cm³/mol. The summed E-state index contributed by atoms with van der Waals surface area (Å²) in [5, 5.41) is 8.56. The van der Waals surface area contributed by atoms with E-state index >= 15 is 0 Å². The highest BCUT2D eigenvalue weighted by Gasteiger charge is 2.23. The largest absolute Gasteiger partial charge is 0.380 e. The van der Waals surface area contributed by atoms with Crippen molar-refractivity contribution < 1.29 is 4.74 Å². The smallest absolute Gasteiger partial charge is 0.204 e. The van der Waals surface area contributed by atoms with Gasteiger partial charge in [0.1, 0.15) is 0 Å². The van der Waals surface area contributed by atoms with Crippen LogP contribution in [-0.2, 0) is 17.7 Å². The minimum absolute atomic E-state index is 0.363. The second-order valence-corrected chi connectivity index (χ2v) is 8.56. The first kappa shape index (κ1) is 21.4. The van der Waals surface area contributed by atoms with Crippen molar-refractivity contribution in [3.8, 4) is 0 Å². The zero-order chi connectivity index (χ0) is 20.9. The van der Waals surface area contributed by atoms with Crippen LogP contribution in [0.15, 0.2) is 42.5 Å². The number of rotatable bonds is 8. The van der Waals surface area contributed by atoms with Crippen LogP contribution in [-0.4, -0.2) is 41.4 Å². The van der Waals surface area contributed by atoms with E-state index in [9.17, 15) is 0 Å². The van der Waals surface area contributed by atoms with Crippen LogP contribution >= 0.6 is 23.2 Å². The van der Waals surface area contributed by atoms with Gasteiger partial charge in [-0.15, -0.1) is 0 Å². The van der Waals surface area contributed by atoms with Gasteiger partial charge in [0.15, 0.2) is 0 Å². The summed E-state index contributed by atoms with van der Waals surface area (Å²) in [5.74, 6) is 0.927. The molecule has 7 heteroatoms. The van der Waals surface area contributed by atoms with Crippen molar-refractivity contribution in [2.75, 3.05) is 25.1 Å². The van der Waals surface area contributed by atoms with Gasteiger partial charge in [0, 0.05) is 25.2 Å². The number of fused-ring (bicyclic) bond motifs is 1. The summed E-state index contributed by atoms with van der Waals surface area (Å²) in [6.07, 6.45) is 3.01. The van der Waals surface area contributed by atoms with E-state index in [0.29, 0.717) is 28.7 Å². The fourth-order valence-corrected chi connectivity index (χ4v) is 4.46. The maximum absolute atomic E-state index is 6.19. The molecule has 0 aliphatic carbocycles. The Hall–Kier alpha value is -1.79. The van der Waals surface area contributed by atoms with E-state index in [1.807, 2.05) is 25.1 Å². The molecule has 1 fully saturated rings. The third-order valence-electron chi connectivity index (χ3n) is 5.61. The lowest BCUT2D eigenvalue weighted by Crippen LogP contribution is -2.44. The number of benzene rings is 2. The number of aromatic nitrogens is 2. The first-order valence-corrected chi connectivity index (χ1v) is 11.4. The van der Waals surface area contributed by atoms with Gasteiger partial charge in [-0.2, -0.15) is 0 Å². The monoisotopic (exact) mass is 446 g/mol. The predicted octanol–water partition coefficient (Wildman–Crippen LogP) is 5.15. The average Bonchev–Trinajstić information content (AvgIpc) is 3.08. The summed E-state index contributed by atoms with van der Waals surface area (Å²) in [4.78, 5) is 4.86. The fraction of sp³-hybridized carbons (Fsp3) is 0.435. The Bertz CT molecular complexity index is 990. The van der Waals surface area contributed by atoms with Gasteiger partial charge in [-0.3, -0.25) is 0 Å². The van der Waals surface area contributed by atoms with Gasteiger partial charge in [0.05, 0.1) is 27.7 Å². The Morgan fingerprint density at radius 3 is 2.90 bits per heavy atom. The third-order valence-corrected chi connectivity index (χ3v) is 6.35. The molecular weight excluding hydrogens is 419 g/mol. The molecule has 0 saturated carbocycles. The Morgan fingerprint density at radius 1 is 1.20 bits per heavy atom. The second-order valence-electron chi connectivity index (χ2n) is 7.74. The molecule has 30 heavy (non-hydrogen) atoms. The highest BCUT2D eigenvalue weighted by molar-refractivity contribution is 6.42. The van der Waals surface area contributed by atoms with Crippen molar-refractivity contribution in [3.05, 3.63) is 58.1 Å². The number of nitrogens with one attached hydrogen (secondary N) is 2. The van der Waals surface area contributed by atoms with Gasteiger partial charge in [-0.25, -0.2) is 4.98 Å². The van der Waals surface area contributed by atoms with E-state index in [1.54, 1.807) is 0 Å². The van der Waals surface area contributed by atoms with Crippen LogP contribution in [0.3, 0.4) is 0 Å². The molecule has 4 rings (SSSR count). The van der Waals surface area contributed by atoms with E-state index in [0.717, 1.165) is 55.9 Å². The molecule has 0 bridgehead atoms. The number of piperidine rings is 1. The normalized spacial score (nSPS) is 19.3. The fourth-order valence-electron chi connectivity index (χ4n) is 4.14. The second kappa shape index (κ2) is 10.0. The molecule has 0 spiro atoms. The standard InChI is InChI=1S/C23H28Cl2N4O/c1-2-30-12-11-29-22-6-4-3-5-21(22)28-23(29)27-17-9-10-26-18(15-17)13-16-7-8-19(24)20(25)14-16/h3-8,14,17-18,26H,2,9-13,15H2,1H3,(H,27,28)/t17-,18+/m0/s1. The summed E-state index contributed by atoms with van der Waals surface area (Å²) in [6, 6.07) is 14.9. The van der Waals surface area contributed by atoms with Crippen LogP contribution < -0.4 is 10.6 Å². The van der Waals surface area contributed by atoms with Crippen molar-refractivity contribution in [3.63, 3.8) is 0 Å². The van der Waals surface area contributed by atoms with Crippen LogP contribution in [0.4, 0.5) is 5.95 Å². The van der Waals surface area contributed by atoms with Crippen LogP contribution in [0.2, 0.25) is 10.0 Å². The van der Waals surface area contributed by atoms with Gasteiger partial charge < -0.3 is 19.9 Å². The summed E-state index contributed by atoms with van der Waals surface area (Å²) in [7, 11) is 0. The summed E-state index contributed by atoms with van der Waals surface area (Å²) >= 11 is 12.2. The summed E-state index contributed by atoms with van der Waals surface area (Å²) in [5.41, 5.74) is 3.35. The highest BCUT2D eigenvalue weighted by atomic mass is 35.5. The first-order chi connectivity index (χ1) is 14.6. The van der Waals surface area contributed by atoms with Crippen molar-refractivity contribution in [2.24, 2.45) is 0 Å². The maximum atomic E-state index is 6.19. The number of imidazole rings is 1. The molecule has 2 N–H and O–H groups in total. The van der Waals surface area contributed by atoms with E-state index in [-0.39, 0.29) is 0 Å². The van der Waals surface area contributed by atoms with Crippen LogP contribution in [0, 0.1) is 0 Å². The SMILES string of the molecule is CCOCCn1c(N[C@H]2CCN[C@H](Cc3ccc(Cl)c(Cl)c3)C2)nc2ccccc21. The number of hydrogen-bond donors (Lipinski definition) is 2. The molecule has 0 amide bonds. The molecule has 0 unspecified atom stereocenters. The number of anilines is 1. The molecule has 1 aliphatic heterocycles. The van der Waals surface area contributed by atoms with Crippen LogP contribution in [0.1, 0.15) is 25.3 Å². The van der Waals surface area contributed by atoms with Gasteiger partial charge in [-0.05, 0) is 62.6 Å². The van der Waals surface area contributed by atoms with Gasteiger partial charge in [0.25, 0.3) is 0 Å². The van der Waals surface area contributed by atoms with Crippen LogP contribution in [0.5, 0.6) is 0 Å².